The molecule has 0 aliphatic rings. The van der Waals surface area contributed by atoms with Crippen molar-refractivity contribution >= 4 is 44.8 Å². The number of halogens is 1. The lowest BCUT2D eigenvalue weighted by Gasteiger charge is -2.24. The second-order valence-corrected chi connectivity index (χ2v) is 9.45. The van der Waals surface area contributed by atoms with Crippen LogP contribution in [0, 0.1) is 0 Å². The van der Waals surface area contributed by atoms with E-state index in [1.54, 1.807) is 60.7 Å². The average molecular weight is 502 g/mol. The molecule has 0 radical (unpaired) electrons. The molecule has 10 heteroatoms. The van der Waals surface area contributed by atoms with Crippen LogP contribution in [-0.4, -0.2) is 47.0 Å². The number of ether oxygens (including phenoxy) is 1. The molecule has 0 aliphatic heterocycles. The first-order valence-corrected chi connectivity index (χ1v) is 12.1. The zero-order valence-electron chi connectivity index (χ0n) is 18.4. The van der Waals surface area contributed by atoms with E-state index < -0.39 is 28.4 Å². The fourth-order valence-corrected chi connectivity index (χ4v) is 4.76. The summed E-state index contributed by atoms with van der Waals surface area (Å²) in [5.41, 5.74) is 0.731. The molecule has 0 saturated carbocycles. The predicted octanol–water partition coefficient (Wildman–Crippen LogP) is 3.55. The number of carbonyl (C=O) groups excluding carboxylic acids is 2. The molecule has 3 aromatic rings. The maximum absolute atomic E-state index is 13.4. The fraction of sp³-hybridized carbons (Fsp3) is 0.167. The number of anilines is 2. The van der Waals surface area contributed by atoms with Crippen molar-refractivity contribution in [3.8, 4) is 0 Å². The Morgan fingerprint density at radius 3 is 2.38 bits per heavy atom. The van der Waals surface area contributed by atoms with Gasteiger partial charge in [0, 0.05) is 18.7 Å². The van der Waals surface area contributed by atoms with E-state index >= 15 is 0 Å². The molecule has 0 unspecified atom stereocenters. The number of hydrogen-bond donors (Lipinski definition) is 2. The maximum atomic E-state index is 13.4. The van der Waals surface area contributed by atoms with E-state index in [0.29, 0.717) is 18.2 Å². The average Bonchev–Trinajstić information content (AvgIpc) is 2.83. The van der Waals surface area contributed by atoms with Crippen molar-refractivity contribution in [3.05, 3.63) is 89.4 Å². The minimum atomic E-state index is -4.08. The number of rotatable bonds is 10. The van der Waals surface area contributed by atoms with E-state index in [1.807, 2.05) is 0 Å². The third-order valence-corrected chi connectivity index (χ3v) is 6.78. The van der Waals surface area contributed by atoms with Gasteiger partial charge in [0.15, 0.2) is 0 Å². The molecule has 0 spiro atoms. The first-order chi connectivity index (χ1) is 16.3. The quantitative estimate of drug-likeness (QED) is 0.413. The first kappa shape index (κ1) is 25.2. The number of para-hydroxylation sites is 1. The molecular formula is C24H24ClN3O5S. The van der Waals surface area contributed by atoms with Gasteiger partial charge in [-0.25, -0.2) is 8.42 Å². The highest BCUT2D eigenvalue weighted by molar-refractivity contribution is 7.92. The third-order valence-electron chi connectivity index (χ3n) is 4.75. The number of nitrogens with one attached hydrogen (secondary N) is 2. The molecule has 3 rings (SSSR count). The standard InChI is InChI=1S/C24H24ClN3O5S/c1-33-15-14-26-24(30)21-12-5-6-13-22(21)27-23(29)17-28(19-9-7-8-18(25)16-19)34(31,32)20-10-3-2-4-11-20/h2-13,16H,14-15,17H2,1H3,(H,26,30)(H,27,29). The molecule has 0 aromatic heterocycles. The van der Waals surface area contributed by atoms with E-state index in [4.69, 9.17) is 16.3 Å². The van der Waals surface area contributed by atoms with Crippen LogP contribution in [0.2, 0.25) is 5.02 Å². The monoisotopic (exact) mass is 501 g/mol. The second kappa shape index (κ2) is 11.6. The summed E-state index contributed by atoms with van der Waals surface area (Å²) in [6.07, 6.45) is 0. The Balaban J connectivity index is 1.87. The Hall–Kier alpha value is -3.40. The van der Waals surface area contributed by atoms with Crippen LogP contribution in [0.3, 0.4) is 0 Å². The molecule has 178 valence electrons. The summed E-state index contributed by atoms with van der Waals surface area (Å²) in [6, 6.07) is 20.5. The van der Waals surface area contributed by atoms with Crippen LogP contribution in [0.1, 0.15) is 10.4 Å². The van der Waals surface area contributed by atoms with Crippen LogP contribution in [0.25, 0.3) is 0 Å². The molecular weight excluding hydrogens is 478 g/mol. The first-order valence-electron chi connectivity index (χ1n) is 10.3. The van der Waals surface area contributed by atoms with Crippen LogP contribution in [0.15, 0.2) is 83.8 Å². The Labute approximate surface area is 203 Å². The highest BCUT2D eigenvalue weighted by atomic mass is 35.5. The number of sulfonamides is 1. The lowest BCUT2D eigenvalue weighted by atomic mass is 10.1. The van der Waals surface area contributed by atoms with Gasteiger partial charge in [0.1, 0.15) is 6.54 Å². The number of carbonyl (C=O) groups is 2. The molecule has 0 fully saturated rings. The highest BCUT2D eigenvalue weighted by Crippen LogP contribution is 2.26. The summed E-state index contributed by atoms with van der Waals surface area (Å²) in [5.74, 6) is -1.02. The minimum Gasteiger partial charge on any atom is -0.383 e. The lowest BCUT2D eigenvalue weighted by Crippen LogP contribution is -2.38. The third kappa shape index (κ3) is 6.34. The van der Waals surface area contributed by atoms with Gasteiger partial charge in [-0.3, -0.25) is 13.9 Å². The van der Waals surface area contributed by atoms with E-state index in [0.717, 1.165) is 4.31 Å². The van der Waals surface area contributed by atoms with Crippen molar-refractivity contribution in [1.29, 1.82) is 0 Å². The number of amides is 2. The van der Waals surface area contributed by atoms with Gasteiger partial charge >= 0.3 is 0 Å². The van der Waals surface area contributed by atoms with Crippen LogP contribution in [-0.2, 0) is 19.6 Å². The topological polar surface area (TPSA) is 105 Å². The number of methoxy groups -OCH3 is 1. The van der Waals surface area contributed by atoms with Gasteiger partial charge in [-0.1, -0.05) is 48.0 Å². The normalized spacial score (nSPS) is 11.0. The maximum Gasteiger partial charge on any atom is 0.264 e. The van der Waals surface area contributed by atoms with Crippen LogP contribution < -0.4 is 14.9 Å². The molecule has 2 N–H and O–H groups in total. The molecule has 0 saturated heterocycles. The molecule has 0 bridgehead atoms. The largest absolute Gasteiger partial charge is 0.383 e. The van der Waals surface area contributed by atoms with Gasteiger partial charge in [0.2, 0.25) is 5.91 Å². The van der Waals surface area contributed by atoms with Gasteiger partial charge in [-0.05, 0) is 42.5 Å². The van der Waals surface area contributed by atoms with Crippen molar-refractivity contribution in [1.82, 2.24) is 5.32 Å². The number of nitrogens with zero attached hydrogens (tertiary/aromatic N) is 1. The summed E-state index contributed by atoms with van der Waals surface area (Å²) in [7, 11) is -2.56. The predicted molar refractivity (Wildman–Crippen MR) is 132 cm³/mol. The van der Waals surface area contributed by atoms with Crippen molar-refractivity contribution in [2.24, 2.45) is 0 Å². The van der Waals surface area contributed by atoms with Crippen molar-refractivity contribution in [3.63, 3.8) is 0 Å². The van der Waals surface area contributed by atoms with Crippen molar-refractivity contribution in [2.45, 2.75) is 4.90 Å². The van der Waals surface area contributed by atoms with Gasteiger partial charge < -0.3 is 15.4 Å². The zero-order valence-corrected chi connectivity index (χ0v) is 20.0. The molecule has 2 amide bonds. The van der Waals surface area contributed by atoms with Crippen LogP contribution >= 0.6 is 11.6 Å². The molecule has 3 aromatic carbocycles. The van der Waals surface area contributed by atoms with Gasteiger partial charge in [-0.2, -0.15) is 0 Å². The molecule has 34 heavy (non-hydrogen) atoms. The number of hydrogen-bond acceptors (Lipinski definition) is 5. The molecule has 0 aliphatic carbocycles. The molecule has 8 nitrogen and oxygen atoms in total. The van der Waals surface area contributed by atoms with E-state index in [-0.39, 0.29) is 21.8 Å². The summed E-state index contributed by atoms with van der Waals surface area (Å²) in [6.45, 7) is 0.110. The summed E-state index contributed by atoms with van der Waals surface area (Å²) in [4.78, 5) is 25.5. The van der Waals surface area contributed by atoms with Crippen LogP contribution in [0.5, 0.6) is 0 Å². The second-order valence-electron chi connectivity index (χ2n) is 7.15. The Bertz CT molecular complexity index is 1250. The highest BCUT2D eigenvalue weighted by Gasteiger charge is 2.27. The lowest BCUT2D eigenvalue weighted by molar-refractivity contribution is -0.114. The summed E-state index contributed by atoms with van der Waals surface area (Å²) >= 11 is 6.08. The Kier molecular flexibility index (Phi) is 8.64. The van der Waals surface area contributed by atoms with E-state index in [1.165, 1.54) is 25.3 Å². The van der Waals surface area contributed by atoms with Gasteiger partial charge in [0.05, 0.1) is 28.4 Å². The SMILES string of the molecule is COCCNC(=O)c1ccccc1NC(=O)CN(c1cccc(Cl)c1)S(=O)(=O)c1ccccc1. The zero-order chi connectivity index (χ0) is 24.6. The molecule has 0 atom stereocenters. The van der Waals surface area contributed by atoms with Crippen molar-refractivity contribution in [2.75, 3.05) is 36.4 Å². The Morgan fingerprint density at radius 1 is 0.971 bits per heavy atom. The smallest absolute Gasteiger partial charge is 0.264 e. The van der Waals surface area contributed by atoms with Gasteiger partial charge in [0.25, 0.3) is 15.9 Å². The summed E-state index contributed by atoms with van der Waals surface area (Å²) < 4.78 is 32.7. The Morgan fingerprint density at radius 2 is 1.68 bits per heavy atom. The minimum absolute atomic E-state index is 0.0284. The summed E-state index contributed by atoms with van der Waals surface area (Å²) in [5, 5.41) is 5.67. The van der Waals surface area contributed by atoms with Crippen LogP contribution in [0.4, 0.5) is 11.4 Å². The fourth-order valence-electron chi connectivity index (χ4n) is 3.14. The number of benzene rings is 3. The van der Waals surface area contributed by atoms with E-state index in [2.05, 4.69) is 10.6 Å². The van der Waals surface area contributed by atoms with Gasteiger partial charge in [-0.15, -0.1) is 0 Å². The van der Waals surface area contributed by atoms with E-state index in [9.17, 15) is 18.0 Å². The van der Waals surface area contributed by atoms with Crippen molar-refractivity contribution < 1.29 is 22.7 Å². The molecule has 0 heterocycles.